The third-order valence-corrected chi connectivity index (χ3v) is 10.6. The van der Waals surface area contributed by atoms with Gasteiger partial charge in [0.1, 0.15) is 11.2 Å². The quantitative estimate of drug-likeness (QED) is 0.188. The maximum atomic E-state index is 7.08. The van der Waals surface area contributed by atoms with Crippen molar-refractivity contribution in [2.24, 2.45) is 0 Å². The average Bonchev–Trinajstić information content (AvgIpc) is 3.76. The van der Waals surface area contributed by atoms with Crippen molar-refractivity contribution in [1.29, 1.82) is 0 Å². The molecule has 3 heteroatoms. The summed E-state index contributed by atoms with van der Waals surface area (Å²) in [5.74, 6) is 0. The number of hydrogen-bond donors (Lipinski definition) is 0. The highest BCUT2D eigenvalue weighted by Crippen LogP contribution is 2.44. The molecule has 242 valence electrons. The van der Waals surface area contributed by atoms with Gasteiger partial charge in [0.25, 0.3) is 0 Å². The van der Waals surface area contributed by atoms with Crippen molar-refractivity contribution >= 4 is 65.4 Å². The number of fused-ring (bicyclic) bond motifs is 9. The van der Waals surface area contributed by atoms with Gasteiger partial charge in [0.15, 0.2) is 0 Å². The van der Waals surface area contributed by atoms with Gasteiger partial charge < -0.3 is 8.98 Å². The molecule has 3 nitrogen and oxygen atoms in total. The molecule has 3 aromatic heterocycles. The van der Waals surface area contributed by atoms with Gasteiger partial charge in [-0.05, 0) is 87.6 Å². The summed E-state index contributed by atoms with van der Waals surface area (Å²) in [6.07, 6.45) is 0. The molecule has 11 rings (SSSR count). The molecule has 52 heavy (non-hydrogen) atoms. The molecule has 0 fully saturated rings. The Balaban J connectivity index is 1.18. The van der Waals surface area contributed by atoms with Gasteiger partial charge in [-0.1, -0.05) is 127 Å². The van der Waals surface area contributed by atoms with Crippen LogP contribution in [0.2, 0.25) is 0 Å². The van der Waals surface area contributed by atoms with Gasteiger partial charge in [-0.15, -0.1) is 0 Å². The Hall–Kier alpha value is -6.97. The van der Waals surface area contributed by atoms with Gasteiger partial charge in [0, 0.05) is 32.8 Å². The van der Waals surface area contributed by atoms with E-state index in [-0.39, 0.29) is 0 Å². The summed E-state index contributed by atoms with van der Waals surface area (Å²) in [7, 11) is 0. The molecule has 0 radical (unpaired) electrons. The molecule has 8 aromatic carbocycles. The number of nitrogens with zero attached hydrogens (tertiary/aromatic N) is 2. The standard InChI is InChI=1S/C49H30N2O/c1-3-13-32(14-4-1)42-30-44(50-43-21-10-9-18-37(42)43)40-20-11-19-38-39-26-27-45-47(49(39)52-48(38)40)41-25-24-35(29-46(41)51(45)36-16-5-2-6-17-36)34-23-22-31-12-7-8-15-33(31)28-34/h1-30H. The number of pyridine rings is 1. The minimum Gasteiger partial charge on any atom is -0.455 e. The Bertz CT molecular complexity index is 3170. The van der Waals surface area contributed by atoms with Crippen molar-refractivity contribution in [2.75, 3.05) is 0 Å². The summed E-state index contributed by atoms with van der Waals surface area (Å²) in [4.78, 5) is 5.20. The van der Waals surface area contributed by atoms with Crippen molar-refractivity contribution in [3.8, 4) is 39.2 Å². The molecular formula is C49H30N2O. The SMILES string of the molecule is c1ccc(-c2cc(-c3cccc4c3oc3c4ccc4c3c3ccc(-c5ccc6ccccc6c5)cc3n4-c3ccccc3)nc3ccccc23)cc1. The van der Waals surface area contributed by atoms with E-state index in [0.29, 0.717) is 0 Å². The number of para-hydroxylation sites is 3. The van der Waals surface area contributed by atoms with Gasteiger partial charge in [-0.25, -0.2) is 4.98 Å². The van der Waals surface area contributed by atoms with Crippen molar-refractivity contribution in [3.05, 3.63) is 182 Å². The van der Waals surface area contributed by atoms with Crippen LogP contribution in [0.25, 0.3) is 105 Å². The van der Waals surface area contributed by atoms with Crippen molar-refractivity contribution in [1.82, 2.24) is 9.55 Å². The average molecular weight is 663 g/mol. The van der Waals surface area contributed by atoms with Crippen LogP contribution >= 0.6 is 0 Å². The van der Waals surface area contributed by atoms with Gasteiger partial charge in [-0.2, -0.15) is 0 Å². The van der Waals surface area contributed by atoms with Crippen LogP contribution < -0.4 is 0 Å². The van der Waals surface area contributed by atoms with E-state index < -0.39 is 0 Å². The molecule has 11 aromatic rings. The number of rotatable bonds is 4. The lowest BCUT2D eigenvalue weighted by Crippen LogP contribution is -1.93. The Morgan fingerprint density at radius 3 is 1.98 bits per heavy atom. The molecule has 0 aliphatic heterocycles. The smallest absolute Gasteiger partial charge is 0.145 e. The topological polar surface area (TPSA) is 31.0 Å². The second kappa shape index (κ2) is 11.3. The second-order valence-electron chi connectivity index (χ2n) is 13.5. The van der Waals surface area contributed by atoms with Crippen LogP contribution in [0.5, 0.6) is 0 Å². The molecule has 0 unspecified atom stereocenters. The molecule has 3 heterocycles. The summed E-state index contributed by atoms with van der Waals surface area (Å²) in [6.45, 7) is 0. The zero-order valence-electron chi connectivity index (χ0n) is 28.1. The number of benzene rings is 8. The molecule has 0 spiro atoms. The molecule has 0 saturated heterocycles. The monoisotopic (exact) mass is 662 g/mol. The van der Waals surface area contributed by atoms with Crippen LogP contribution in [0.3, 0.4) is 0 Å². The number of hydrogen-bond acceptors (Lipinski definition) is 2. The molecule has 0 aliphatic rings. The van der Waals surface area contributed by atoms with Gasteiger partial charge in [0.05, 0.1) is 27.6 Å². The van der Waals surface area contributed by atoms with Crippen LogP contribution in [0.4, 0.5) is 0 Å². The lowest BCUT2D eigenvalue weighted by molar-refractivity contribution is 0.674. The zero-order chi connectivity index (χ0) is 34.2. The molecule has 0 bridgehead atoms. The predicted molar refractivity (Wildman–Crippen MR) is 217 cm³/mol. The highest BCUT2D eigenvalue weighted by atomic mass is 16.3. The molecule has 0 saturated carbocycles. The summed E-state index contributed by atoms with van der Waals surface area (Å²) in [5, 5.41) is 8.06. The van der Waals surface area contributed by atoms with E-state index in [9.17, 15) is 0 Å². The Kier molecular flexibility index (Phi) is 6.25. The fourth-order valence-corrected chi connectivity index (χ4v) is 8.13. The lowest BCUT2D eigenvalue weighted by Gasteiger charge is -2.10. The molecule has 0 aliphatic carbocycles. The summed E-state index contributed by atoms with van der Waals surface area (Å²) >= 11 is 0. The summed E-state index contributed by atoms with van der Waals surface area (Å²) in [6, 6.07) is 64.8. The second-order valence-corrected chi connectivity index (χ2v) is 13.5. The third-order valence-electron chi connectivity index (χ3n) is 10.6. The molecule has 0 amide bonds. The van der Waals surface area contributed by atoms with Crippen molar-refractivity contribution < 1.29 is 4.42 Å². The van der Waals surface area contributed by atoms with Crippen LogP contribution in [-0.2, 0) is 0 Å². The first-order valence-electron chi connectivity index (χ1n) is 17.7. The van der Waals surface area contributed by atoms with E-state index in [0.717, 1.165) is 82.7 Å². The van der Waals surface area contributed by atoms with Gasteiger partial charge in [-0.3, -0.25) is 0 Å². The Morgan fingerprint density at radius 1 is 0.404 bits per heavy atom. The van der Waals surface area contributed by atoms with Crippen molar-refractivity contribution in [2.45, 2.75) is 0 Å². The van der Waals surface area contributed by atoms with E-state index >= 15 is 0 Å². The fourth-order valence-electron chi connectivity index (χ4n) is 8.13. The van der Waals surface area contributed by atoms with Crippen molar-refractivity contribution in [3.63, 3.8) is 0 Å². The first-order chi connectivity index (χ1) is 25.8. The molecular weight excluding hydrogens is 633 g/mol. The van der Waals surface area contributed by atoms with Crippen LogP contribution in [-0.4, -0.2) is 9.55 Å². The minimum atomic E-state index is 0.847. The predicted octanol–water partition coefficient (Wildman–Crippen LogP) is 13.4. The lowest BCUT2D eigenvalue weighted by atomic mass is 9.97. The normalized spacial score (nSPS) is 11.8. The summed E-state index contributed by atoms with van der Waals surface area (Å²) in [5.41, 5.74) is 12.6. The minimum absolute atomic E-state index is 0.847. The van der Waals surface area contributed by atoms with Crippen LogP contribution in [0, 0.1) is 0 Å². The fraction of sp³-hybridized carbons (Fsp3) is 0. The first-order valence-corrected chi connectivity index (χ1v) is 17.7. The number of furan rings is 1. The largest absolute Gasteiger partial charge is 0.455 e. The zero-order valence-corrected chi connectivity index (χ0v) is 28.1. The van der Waals surface area contributed by atoms with E-state index in [1.807, 2.05) is 0 Å². The van der Waals surface area contributed by atoms with E-state index in [1.54, 1.807) is 0 Å². The summed E-state index contributed by atoms with van der Waals surface area (Å²) < 4.78 is 9.45. The Morgan fingerprint density at radius 2 is 1.10 bits per heavy atom. The first kappa shape index (κ1) is 28.8. The maximum Gasteiger partial charge on any atom is 0.145 e. The van der Waals surface area contributed by atoms with E-state index in [4.69, 9.17) is 9.40 Å². The molecule has 0 N–H and O–H groups in total. The highest BCUT2D eigenvalue weighted by Gasteiger charge is 2.21. The van der Waals surface area contributed by atoms with Gasteiger partial charge in [0.2, 0.25) is 0 Å². The van der Waals surface area contributed by atoms with E-state index in [1.165, 1.54) is 21.9 Å². The maximum absolute atomic E-state index is 7.08. The van der Waals surface area contributed by atoms with Crippen LogP contribution in [0.15, 0.2) is 186 Å². The van der Waals surface area contributed by atoms with E-state index in [2.05, 4.69) is 187 Å². The highest BCUT2D eigenvalue weighted by molar-refractivity contribution is 6.25. The Labute approximate surface area is 299 Å². The van der Waals surface area contributed by atoms with Crippen LogP contribution in [0.1, 0.15) is 0 Å². The molecule has 0 atom stereocenters. The van der Waals surface area contributed by atoms with Gasteiger partial charge >= 0.3 is 0 Å². The third kappa shape index (κ3) is 4.36. The number of aromatic nitrogens is 2.